The zero-order valence-electron chi connectivity index (χ0n) is 49.6. The molecular weight excluding hydrogens is 1100 g/mol. The van der Waals surface area contributed by atoms with Crippen LogP contribution in [0.2, 0.25) is 0 Å². The fraction of sp³-hybridized carbons (Fsp3) is 0.103. The van der Waals surface area contributed by atoms with E-state index < -0.39 is 0 Å². The summed E-state index contributed by atoms with van der Waals surface area (Å²) in [6, 6.07) is 86.5. The molecule has 0 spiro atoms. The normalized spacial score (nSPS) is 13.2. The Labute approximate surface area is 514 Å². The third-order valence-corrected chi connectivity index (χ3v) is 18.1. The third-order valence-electron chi connectivity index (χ3n) is 17.8. The van der Waals surface area contributed by atoms with Crippen LogP contribution in [0.25, 0.3) is 123 Å². The Balaban J connectivity index is 0.000000146. The number of fused-ring (bicyclic) bond motifs is 13. The first-order valence-corrected chi connectivity index (χ1v) is 30.4. The Morgan fingerprint density at radius 2 is 0.795 bits per heavy atom. The second-order valence-corrected chi connectivity index (χ2v) is 23.8. The highest BCUT2D eigenvalue weighted by Gasteiger charge is 2.38. The standard InChI is InChI=1S/C42H30N4S.C34H24N4O.C2H6/c1-42(2)35-19-11-9-17-31(35)33-25-34-32-18-10-12-20-37(32)45(38(34)26-36(33)42)30-23-21-27(22-24-30)39-43-40(28-13-5-3-6-14-28)46(41(47)44-39)29-15-7-4-8-16-29;1-34(2)27-14-8-6-12-23(27)25-18-26-24-13-7-9-15-29(24)38(30(26)19-28(25)34)22-16-17-31-35-32(21-10-4-3-5-11-21)36-33(39)37(31)20-22;1-2/h3-26H,1-2H3;3-20H,1-2H3;1-2H3. The molecule has 0 saturated carbocycles. The van der Waals surface area contributed by atoms with Crippen molar-refractivity contribution in [1.82, 2.24) is 38.0 Å². The molecule has 2 aliphatic rings. The van der Waals surface area contributed by atoms with Crippen molar-refractivity contribution in [2.75, 3.05) is 0 Å². The van der Waals surface area contributed by atoms with Gasteiger partial charge in [0.1, 0.15) is 11.5 Å². The Hall–Kier alpha value is -10.7. The Morgan fingerprint density at radius 3 is 1.36 bits per heavy atom. The minimum absolute atomic E-state index is 0.0785. The van der Waals surface area contributed by atoms with E-state index in [4.69, 9.17) is 22.2 Å². The van der Waals surface area contributed by atoms with Crippen LogP contribution in [-0.2, 0) is 10.8 Å². The lowest BCUT2D eigenvalue weighted by Crippen LogP contribution is -2.19. The molecule has 0 aliphatic heterocycles. The van der Waals surface area contributed by atoms with E-state index in [9.17, 15) is 4.79 Å². The highest BCUT2D eigenvalue weighted by molar-refractivity contribution is 7.71. The average molecular weight is 1160 g/mol. The summed E-state index contributed by atoms with van der Waals surface area (Å²) in [4.78, 5) is 32.1. The molecule has 2 aliphatic carbocycles. The van der Waals surface area contributed by atoms with E-state index in [1.165, 1.54) is 81.5 Å². The molecule has 5 aromatic heterocycles. The minimum atomic E-state index is -0.348. The van der Waals surface area contributed by atoms with Crippen LogP contribution in [-0.4, -0.2) is 38.0 Å². The maximum Gasteiger partial charge on any atom is 0.355 e. The number of pyridine rings is 1. The number of nitrogens with zero attached hydrogens (tertiary/aromatic N) is 8. The van der Waals surface area contributed by atoms with Crippen LogP contribution in [0.4, 0.5) is 0 Å². The first-order valence-electron chi connectivity index (χ1n) is 30.0. The van der Waals surface area contributed by atoms with E-state index in [0.717, 1.165) is 50.6 Å². The summed E-state index contributed by atoms with van der Waals surface area (Å²) in [6.45, 7) is 13.3. The maximum atomic E-state index is 13.2. The zero-order valence-corrected chi connectivity index (χ0v) is 50.5. The number of rotatable bonds is 6. The van der Waals surface area contributed by atoms with Gasteiger partial charge in [-0.2, -0.15) is 9.97 Å². The van der Waals surface area contributed by atoms with Crippen LogP contribution in [0.1, 0.15) is 63.8 Å². The van der Waals surface area contributed by atoms with Crippen molar-refractivity contribution in [3.05, 3.63) is 292 Å². The number of aromatic nitrogens is 8. The van der Waals surface area contributed by atoms with E-state index in [1.54, 1.807) is 0 Å². The molecule has 5 heterocycles. The summed E-state index contributed by atoms with van der Waals surface area (Å²) in [6.07, 6.45) is 1.85. The molecule has 15 aromatic rings. The first kappa shape index (κ1) is 54.0. The van der Waals surface area contributed by atoms with Crippen molar-refractivity contribution >= 4 is 61.5 Å². The third kappa shape index (κ3) is 8.57. The monoisotopic (exact) mass is 1160 g/mol. The summed E-state index contributed by atoms with van der Waals surface area (Å²) in [5.41, 5.74) is 20.9. The van der Waals surface area contributed by atoms with E-state index >= 15 is 0 Å². The molecule has 17 rings (SSSR count). The van der Waals surface area contributed by atoms with Crippen LogP contribution in [0.5, 0.6) is 0 Å². The van der Waals surface area contributed by atoms with Crippen molar-refractivity contribution < 1.29 is 0 Å². The van der Waals surface area contributed by atoms with Crippen LogP contribution < -0.4 is 5.69 Å². The second kappa shape index (κ2) is 21.1. The average Bonchev–Trinajstić information content (AvgIpc) is 1.63. The van der Waals surface area contributed by atoms with E-state index in [-0.39, 0.29) is 16.5 Å². The van der Waals surface area contributed by atoms with Gasteiger partial charge < -0.3 is 9.13 Å². The van der Waals surface area contributed by atoms with Gasteiger partial charge in [0, 0.05) is 66.6 Å². The number of para-hydroxylation sites is 3. The van der Waals surface area contributed by atoms with Gasteiger partial charge in [0.05, 0.1) is 27.8 Å². The van der Waals surface area contributed by atoms with Gasteiger partial charge in [-0.25, -0.2) is 19.2 Å². The van der Waals surface area contributed by atoms with Crippen LogP contribution >= 0.6 is 12.2 Å². The molecule has 10 aromatic carbocycles. The van der Waals surface area contributed by atoms with Crippen molar-refractivity contribution in [1.29, 1.82) is 0 Å². The lowest BCUT2D eigenvalue weighted by molar-refractivity contribution is 0.661. The van der Waals surface area contributed by atoms with Crippen LogP contribution in [0.15, 0.2) is 260 Å². The van der Waals surface area contributed by atoms with E-state index in [0.29, 0.717) is 22.1 Å². The smallest absolute Gasteiger partial charge is 0.309 e. The molecule has 0 unspecified atom stereocenters. The molecule has 0 atom stereocenters. The summed E-state index contributed by atoms with van der Waals surface area (Å²) in [5.74, 6) is 1.80. The maximum absolute atomic E-state index is 13.2. The van der Waals surface area contributed by atoms with Crippen molar-refractivity contribution in [2.45, 2.75) is 52.4 Å². The summed E-state index contributed by atoms with van der Waals surface area (Å²) in [7, 11) is 0. The SMILES string of the molecule is CC.CC1(C)c2ccccc2-c2cc3c4ccccc4n(-c4ccc(-c5nc(-c6ccccc6)n(-c6ccccc6)c(=S)n5)cc4)c3cc21.CC1(C)c2ccccc2-c2cc3c4ccccc4n(-c4ccc5nc(-c6ccccc6)nc(=O)n5c4)c3cc21. The van der Waals surface area contributed by atoms with Gasteiger partial charge >= 0.3 is 5.69 Å². The fourth-order valence-corrected chi connectivity index (χ4v) is 13.9. The van der Waals surface area contributed by atoms with Gasteiger partial charge in [0.25, 0.3) is 0 Å². The largest absolute Gasteiger partial charge is 0.355 e. The lowest BCUT2D eigenvalue weighted by Gasteiger charge is -2.21. The molecular formula is C78H60N8OS. The van der Waals surface area contributed by atoms with Gasteiger partial charge in [0.15, 0.2) is 11.6 Å². The summed E-state index contributed by atoms with van der Waals surface area (Å²) in [5, 5.41) is 4.88. The summed E-state index contributed by atoms with van der Waals surface area (Å²) < 4.78 is 8.58. The Bertz CT molecular complexity index is 5390. The molecule has 0 radical (unpaired) electrons. The topological polar surface area (TPSA) is 87.8 Å². The Morgan fingerprint density at radius 1 is 0.352 bits per heavy atom. The Kier molecular flexibility index (Phi) is 12.9. The molecule has 0 N–H and O–H groups in total. The highest BCUT2D eigenvalue weighted by atomic mass is 32.1. The van der Waals surface area contributed by atoms with Crippen LogP contribution in [0, 0.1) is 4.77 Å². The molecule has 424 valence electrons. The predicted molar refractivity (Wildman–Crippen MR) is 363 cm³/mol. The number of hydrogen-bond donors (Lipinski definition) is 0. The molecule has 0 saturated heterocycles. The number of benzene rings is 10. The van der Waals surface area contributed by atoms with Gasteiger partial charge in [0.2, 0.25) is 4.77 Å². The quantitative estimate of drug-likeness (QED) is 0.154. The van der Waals surface area contributed by atoms with Gasteiger partial charge in [-0.05, 0) is 142 Å². The first-order chi connectivity index (χ1) is 43.0. The summed E-state index contributed by atoms with van der Waals surface area (Å²) >= 11 is 5.90. The minimum Gasteiger partial charge on any atom is -0.309 e. The highest BCUT2D eigenvalue weighted by Crippen LogP contribution is 2.53. The van der Waals surface area contributed by atoms with E-state index in [2.05, 4.69) is 205 Å². The predicted octanol–water partition coefficient (Wildman–Crippen LogP) is 18.9. The molecule has 0 fully saturated rings. The molecule has 9 nitrogen and oxygen atoms in total. The molecule has 10 heteroatoms. The lowest BCUT2D eigenvalue weighted by atomic mass is 9.82. The van der Waals surface area contributed by atoms with Gasteiger partial charge in [-0.3, -0.25) is 4.57 Å². The fourth-order valence-electron chi connectivity index (χ4n) is 13.6. The molecule has 88 heavy (non-hydrogen) atoms. The van der Waals surface area contributed by atoms with Crippen molar-refractivity contribution in [2.24, 2.45) is 0 Å². The van der Waals surface area contributed by atoms with Gasteiger partial charge in [-0.15, -0.1) is 0 Å². The zero-order chi connectivity index (χ0) is 60.0. The van der Waals surface area contributed by atoms with Crippen molar-refractivity contribution in [3.63, 3.8) is 0 Å². The molecule has 0 amide bonds. The van der Waals surface area contributed by atoms with E-state index in [1.807, 2.05) is 116 Å². The van der Waals surface area contributed by atoms with Crippen LogP contribution in [0.3, 0.4) is 0 Å². The van der Waals surface area contributed by atoms with Gasteiger partial charge in [-0.1, -0.05) is 205 Å². The molecule has 0 bridgehead atoms. The number of hydrogen-bond acceptors (Lipinski definition) is 6. The van der Waals surface area contributed by atoms with Crippen molar-refractivity contribution in [3.8, 4) is 73.5 Å². The second-order valence-electron chi connectivity index (χ2n) is 23.4.